The van der Waals surface area contributed by atoms with Crippen molar-refractivity contribution in [1.82, 2.24) is 4.90 Å². The average Bonchev–Trinajstić information content (AvgIpc) is 2.35. The van der Waals surface area contributed by atoms with E-state index in [4.69, 9.17) is 10.5 Å². The number of hydrogen-bond donors (Lipinski definition) is 1. The van der Waals surface area contributed by atoms with E-state index in [1.165, 1.54) is 0 Å². The summed E-state index contributed by atoms with van der Waals surface area (Å²) in [5.41, 5.74) is 7.82. The van der Waals surface area contributed by atoms with Crippen LogP contribution in [0.1, 0.15) is 37.9 Å². The average molecular weight is 276 g/mol. The number of hydrogen-bond acceptors (Lipinski definition) is 3. The molecule has 0 aliphatic carbocycles. The molecule has 2 N–H and O–H groups in total. The summed E-state index contributed by atoms with van der Waals surface area (Å²) in [5, 5.41) is 0. The lowest BCUT2D eigenvalue weighted by Crippen LogP contribution is -2.55. The highest BCUT2D eigenvalue weighted by molar-refractivity contribution is 5.83. The summed E-state index contributed by atoms with van der Waals surface area (Å²) in [6.45, 7) is 9.18. The summed E-state index contributed by atoms with van der Waals surface area (Å²) in [6, 6.07) is 7.21. The van der Waals surface area contributed by atoms with Crippen LogP contribution in [0.2, 0.25) is 0 Å². The van der Waals surface area contributed by atoms with E-state index in [-0.39, 0.29) is 17.6 Å². The molecule has 1 aliphatic rings. The van der Waals surface area contributed by atoms with Gasteiger partial charge in [0, 0.05) is 13.1 Å². The lowest BCUT2D eigenvalue weighted by Gasteiger charge is -2.42. The van der Waals surface area contributed by atoms with Crippen LogP contribution in [0.5, 0.6) is 0 Å². The number of aryl methyl sites for hydroxylation is 1. The van der Waals surface area contributed by atoms with Gasteiger partial charge in [0.2, 0.25) is 5.91 Å². The molecule has 1 amide bonds. The Morgan fingerprint density at radius 1 is 1.40 bits per heavy atom. The summed E-state index contributed by atoms with van der Waals surface area (Å²) >= 11 is 0. The minimum absolute atomic E-state index is 0.0305. The van der Waals surface area contributed by atoms with Crippen LogP contribution >= 0.6 is 0 Å². The Morgan fingerprint density at radius 3 is 2.55 bits per heavy atom. The molecule has 1 aromatic rings. The van der Waals surface area contributed by atoms with Gasteiger partial charge < -0.3 is 15.4 Å². The smallest absolute Gasteiger partial charge is 0.244 e. The van der Waals surface area contributed by atoms with Crippen LogP contribution in [-0.4, -0.2) is 35.6 Å². The van der Waals surface area contributed by atoms with Gasteiger partial charge in [0.05, 0.1) is 11.7 Å². The molecule has 1 saturated heterocycles. The predicted molar refractivity (Wildman–Crippen MR) is 79.3 cm³/mol. The molecule has 1 aliphatic heterocycles. The van der Waals surface area contributed by atoms with Gasteiger partial charge in [0.25, 0.3) is 0 Å². The second kappa shape index (κ2) is 5.54. The quantitative estimate of drug-likeness (QED) is 0.899. The van der Waals surface area contributed by atoms with E-state index in [0.29, 0.717) is 13.1 Å². The number of carbonyl (C=O) groups excluding carboxylic acids is 1. The fraction of sp³-hybridized carbons (Fsp3) is 0.562. The lowest BCUT2D eigenvalue weighted by atomic mass is 10.0. The van der Waals surface area contributed by atoms with Gasteiger partial charge in [-0.1, -0.05) is 29.8 Å². The predicted octanol–water partition coefficient (Wildman–Crippen LogP) is 2.02. The largest absolute Gasteiger partial charge is 0.369 e. The molecule has 0 aromatic heterocycles. The number of carbonyl (C=O) groups is 1. The zero-order chi connectivity index (χ0) is 14.9. The molecule has 20 heavy (non-hydrogen) atoms. The van der Waals surface area contributed by atoms with Gasteiger partial charge in [-0.3, -0.25) is 4.79 Å². The number of rotatable bonds is 2. The normalized spacial score (nSPS) is 23.4. The van der Waals surface area contributed by atoms with Gasteiger partial charge in [-0.05, 0) is 33.3 Å². The van der Waals surface area contributed by atoms with Gasteiger partial charge in [0.15, 0.2) is 0 Å². The van der Waals surface area contributed by atoms with Crippen molar-refractivity contribution in [2.75, 3.05) is 13.1 Å². The first kappa shape index (κ1) is 15.0. The van der Waals surface area contributed by atoms with Gasteiger partial charge in [0.1, 0.15) is 6.04 Å². The molecule has 1 fully saturated rings. The third kappa shape index (κ3) is 3.38. The SMILES string of the molecule is Cc1ccc(C(N)C(=O)N2CC(C)OC(C)(C)C2)cc1. The molecule has 2 unspecified atom stereocenters. The fourth-order valence-corrected chi connectivity index (χ4v) is 2.73. The van der Waals surface area contributed by atoms with E-state index < -0.39 is 6.04 Å². The molecule has 2 atom stereocenters. The van der Waals surface area contributed by atoms with E-state index >= 15 is 0 Å². The minimum Gasteiger partial charge on any atom is -0.369 e. The van der Waals surface area contributed by atoms with Gasteiger partial charge in [-0.2, -0.15) is 0 Å². The zero-order valence-electron chi connectivity index (χ0n) is 12.7. The van der Waals surface area contributed by atoms with Gasteiger partial charge in [-0.25, -0.2) is 0 Å². The summed E-state index contributed by atoms with van der Waals surface area (Å²) in [5.74, 6) is -0.0305. The molecule has 1 heterocycles. The second-order valence-electron chi connectivity index (χ2n) is 6.30. The molecule has 0 spiro atoms. The molecule has 2 rings (SSSR count). The number of nitrogens with zero attached hydrogens (tertiary/aromatic N) is 1. The van der Waals surface area contributed by atoms with Crippen LogP contribution < -0.4 is 5.73 Å². The molecule has 0 saturated carbocycles. The summed E-state index contributed by atoms with van der Waals surface area (Å²) in [4.78, 5) is 14.4. The van der Waals surface area contributed by atoms with Crippen molar-refractivity contribution >= 4 is 5.91 Å². The van der Waals surface area contributed by atoms with Crippen molar-refractivity contribution in [3.05, 3.63) is 35.4 Å². The first-order valence-electron chi connectivity index (χ1n) is 7.07. The lowest BCUT2D eigenvalue weighted by molar-refractivity contribution is -0.159. The molecular formula is C16H24N2O2. The Bertz CT molecular complexity index is 482. The maximum absolute atomic E-state index is 12.6. The van der Waals surface area contributed by atoms with Crippen molar-refractivity contribution in [3.63, 3.8) is 0 Å². The van der Waals surface area contributed by atoms with Crippen molar-refractivity contribution in [2.45, 2.75) is 45.4 Å². The zero-order valence-corrected chi connectivity index (χ0v) is 12.7. The number of morpholine rings is 1. The van der Waals surface area contributed by atoms with Crippen molar-refractivity contribution in [1.29, 1.82) is 0 Å². The van der Waals surface area contributed by atoms with Crippen LogP contribution in [0.4, 0.5) is 0 Å². The molecule has 4 nitrogen and oxygen atoms in total. The van der Waals surface area contributed by atoms with Gasteiger partial charge in [-0.15, -0.1) is 0 Å². The third-order valence-corrected chi connectivity index (χ3v) is 3.58. The monoisotopic (exact) mass is 276 g/mol. The number of ether oxygens (including phenoxy) is 1. The third-order valence-electron chi connectivity index (χ3n) is 3.58. The summed E-state index contributed by atoms with van der Waals surface area (Å²) in [6.07, 6.45) is 0.0351. The van der Waals surface area contributed by atoms with E-state index in [2.05, 4.69) is 0 Å². The Morgan fingerprint density at radius 2 is 2.00 bits per heavy atom. The van der Waals surface area contributed by atoms with E-state index in [1.54, 1.807) is 0 Å². The first-order valence-corrected chi connectivity index (χ1v) is 7.07. The topological polar surface area (TPSA) is 55.6 Å². The highest BCUT2D eigenvalue weighted by Crippen LogP contribution is 2.23. The first-order chi connectivity index (χ1) is 9.28. The maximum Gasteiger partial charge on any atom is 0.244 e. The molecule has 0 bridgehead atoms. The number of amides is 1. The second-order valence-corrected chi connectivity index (χ2v) is 6.30. The number of nitrogens with two attached hydrogens (primary N) is 1. The van der Waals surface area contributed by atoms with Crippen LogP contribution in [-0.2, 0) is 9.53 Å². The molecule has 1 aromatic carbocycles. The van der Waals surface area contributed by atoms with E-state index in [0.717, 1.165) is 11.1 Å². The molecule has 4 heteroatoms. The van der Waals surface area contributed by atoms with Crippen LogP contribution in [0.15, 0.2) is 24.3 Å². The van der Waals surface area contributed by atoms with Crippen LogP contribution in [0.25, 0.3) is 0 Å². The van der Waals surface area contributed by atoms with E-state index in [9.17, 15) is 4.79 Å². The van der Waals surface area contributed by atoms with Crippen LogP contribution in [0, 0.1) is 6.92 Å². The fourth-order valence-electron chi connectivity index (χ4n) is 2.73. The van der Waals surface area contributed by atoms with Crippen molar-refractivity contribution in [2.24, 2.45) is 5.73 Å². The minimum atomic E-state index is -0.600. The summed E-state index contributed by atoms with van der Waals surface area (Å²) in [7, 11) is 0. The molecular weight excluding hydrogens is 252 g/mol. The van der Waals surface area contributed by atoms with Crippen molar-refractivity contribution < 1.29 is 9.53 Å². The standard InChI is InChI=1S/C16H24N2O2/c1-11-5-7-13(8-6-11)14(17)15(19)18-9-12(2)20-16(3,4)10-18/h5-8,12,14H,9-10,17H2,1-4H3. The highest BCUT2D eigenvalue weighted by atomic mass is 16.5. The van der Waals surface area contributed by atoms with Gasteiger partial charge >= 0.3 is 0 Å². The Hall–Kier alpha value is -1.39. The molecule has 0 radical (unpaired) electrons. The maximum atomic E-state index is 12.6. The molecule has 110 valence electrons. The number of benzene rings is 1. The Balaban J connectivity index is 2.12. The highest BCUT2D eigenvalue weighted by Gasteiger charge is 2.35. The summed E-state index contributed by atoms with van der Waals surface area (Å²) < 4.78 is 5.82. The van der Waals surface area contributed by atoms with Crippen molar-refractivity contribution in [3.8, 4) is 0 Å². The van der Waals surface area contributed by atoms with Crippen LogP contribution in [0.3, 0.4) is 0 Å². The Labute approximate surface area is 120 Å². The Kier molecular flexibility index (Phi) is 4.16. The van der Waals surface area contributed by atoms with E-state index in [1.807, 2.05) is 56.9 Å².